The van der Waals surface area contributed by atoms with Gasteiger partial charge in [-0.2, -0.15) is 0 Å². The van der Waals surface area contributed by atoms with Crippen LogP contribution < -0.4 is 5.32 Å². The third-order valence-corrected chi connectivity index (χ3v) is 2.61. The lowest BCUT2D eigenvalue weighted by Crippen LogP contribution is -2.33. The second kappa shape index (κ2) is 5.08. The summed E-state index contributed by atoms with van der Waals surface area (Å²) in [5.74, 6) is -2.58. The second-order valence-electron chi connectivity index (χ2n) is 5.14. The molecule has 1 aromatic carbocycles. The van der Waals surface area contributed by atoms with Gasteiger partial charge in [0.15, 0.2) is 0 Å². The molecular formula is C13H18F3N. The zero-order valence-corrected chi connectivity index (χ0v) is 10.6. The maximum absolute atomic E-state index is 13.7. The highest BCUT2D eigenvalue weighted by atomic mass is 19.1. The van der Waals surface area contributed by atoms with Gasteiger partial charge in [-0.25, -0.2) is 13.2 Å². The Labute approximate surface area is 100 Å². The Morgan fingerprint density at radius 2 is 1.59 bits per heavy atom. The molecule has 0 bridgehead atoms. The molecule has 0 fully saturated rings. The lowest BCUT2D eigenvalue weighted by molar-refractivity contribution is 0.262. The van der Waals surface area contributed by atoms with Gasteiger partial charge in [0.1, 0.15) is 17.5 Å². The van der Waals surface area contributed by atoms with Crippen molar-refractivity contribution in [3.8, 4) is 0 Å². The van der Waals surface area contributed by atoms with Gasteiger partial charge in [0.2, 0.25) is 0 Å². The Morgan fingerprint density at radius 3 is 1.94 bits per heavy atom. The van der Waals surface area contributed by atoms with Crippen molar-refractivity contribution in [2.45, 2.75) is 33.7 Å². The van der Waals surface area contributed by atoms with Gasteiger partial charge < -0.3 is 5.32 Å². The summed E-state index contributed by atoms with van der Waals surface area (Å²) in [6.07, 6.45) is 0. The highest BCUT2D eigenvalue weighted by Crippen LogP contribution is 2.35. The Bertz CT molecular complexity index is 373. The molecule has 17 heavy (non-hydrogen) atoms. The van der Waals surface area contributed by atoms with Crippen LogP contribution in [0.1, 0.15) is 39.3 Å². The first-order valence-electron chi connectivity index (χ1n) is 5.65. The van der Waals surface area contributed by atoms with E-state index in [4.69, 9.17) is 0 Å². The second-order valence-corrected chi connectivity index (χ2v) is 5.14. The molecule has 0 heterocycles. The van der Waals surface area contributed by atoms with E-state index in [1.165, 1.54) is 0 Å². The van der Waals surface area contributed by atoms with Crippen LogP contribution in [0.4, 0.5) is 13.2 Å². The number of rotatable bonds is 3. The number of halogens is 3. The fourth-order valence-corrected chi connectivity index (χ4v) is 1.87. The third-order valence-electron chi connectivity index (χ3n) is 2.61. The Kier molecular flexibility index (Phi) is 4.20. The summed E-state index contributed by atoms with van der Waals surface area (Å²) in [6, 6.07) is 0.941. The van der Waals surface area contributed by atoms with Gasteiger partial charge in [-0.05, 0) is 12.0 Å². The van der Waals surface area contributed by atoms with Crippen molar-refractivity contribution >= 4 is 0 Å². The van der Waals surface area contributed by atoms with Gasteiger partial charge >= 0.3 is 0 Å². The maximum Gasteiger partial charge on any atom is 0.133 e. The number of hydrogen-bond donors (Lipinski definition) is 1. The molecule has 0 aliphatic rings. The normalized spacial score (nSPS) is 13.8. The van der Waals surface area contributed by atoms with Crippen molar-refractivity contribution in [3.63, 3.8) is 0 Å². The van der Waals surface area contributed by atoms with Gasteiger partial charge in [-0.1, -0.05) is 27.7 Å². The fourth-order valence-electron chi connectivity index (χ4n) is 1.87. The van der Waals surface area contributed by atoms with E-state index in [0.29, 0.717) is 18.7 Å². The number of benzene rings is 1. The molecule has 0 aliphatic carbocycles. The van der Waals surface area contributed by atoms with Crippen LogP contribution in [0.3, 0.4) is 0 Å². The fraction of sp³-hybridized carbons (Fsp3) is 0.538. The van der Waals surface area contributed by atoms with Gasteiger partial charge in [-0.15, -0.1) is 0 Å². The molecule has 96 valence electrons. The van der Waals surface area contributed by atoms with E-state index in [0.717, 1.165) is 0 Å². The number of nitrogens with one attached hydrogen (secondary N) is 1. The van der Waals surface area contributed by atoms with E-state index in [-0.39, 0.29) is 11.0 Å². The van der Waals surface area contributed by atoms with Crippen LogP contribution in [-0.2, 0) is 0 Å². The first kappa shape index (κ1) is 14.0. The Hall–Kier alpha value is -1.03. The van der Waals surface area contributed by atoms with E-state index < -0.39 is 23.5 Å². The molecule has 0 spiro atoms. The summed E-state index contributed by atoms with van der Waals surface area (Å²) in [4.78, 5) is 0. The van der Waals surface area contributed by atoms with Gasteiger partial charge in [0.25, 0.3) is 0 Å². The van der Waals surface area contributed by atoms with Gasteiger partial charge in [0.05, 0.1) is 0 Å². The molecular weight excluding hydrogens is 227 g/mol. The zero-order chi connectivity index (χ0) is 13.2. The third kappa shape index (κ3) is 3.22. The molecule has 0 amide bonds. The quantitative estimate of drug-likeness (QED) is 0.854. The van der Waals surface area contributed by atoms with Crippen molar-refractivity contribution < 1.29 is 13.2 Å². The lowest BCUT2D eigenvalue weighted by Gasteiger charge is -2.32. The molecule has 4 heteroatoms. The summed E-state index contributed by atoms with van der Waals surface area (Å²) in [5.41, 5.74) is -0.462. The highest BCUT2D eigenvalue weighted by Gasteiger charge is 2.30. The van der Waals surface area contributed by atoms with Crippen LogP contribution in [0.15, 0.2) is 12.1 Å². The van der Waals surface area contributed by atoms with Crippen molar-refractivity contribution in [1.82, 2.24) is 5.32 Å². The SMILES string of the molecule is CCNC(c1c(F)cc(F)cc1F)C(C)(C)C. The Morgan fingerprint density at radius 1 is 1.12 bits per heavy atom. The van der Waals surface area contributed by atoms with E-state index in [2.05, 4.69) is 5.32 Å². The molecule has 0 radical (unpaired) electrons. The van der Waals surface area contributed by atoms with Crippen LogP contribution in [0.5, 0.6) is 0 Å². The van der Waals surface area contributed by atoms with Crippen LogP contribution in [0, 0.1) is 22.9 Å². The van der Waals surface area contributed by atoms with Crippen molar-refractivity contribution in [2.75, 3.05) is 6.54 Å². The van der Waals surface area contributed by atoms with Gasteiger partial charge in [-0.3, -0.25) is 0 Å². The zero-order valence-electron chi connectivity index (χ0n) is 10.6. The average molecular weight is 245 g/mol. The molecule has 1 unspecified atom stereocenters. The molecule has 0 saturated carbocycles. The Balaban J connectivity index is 3.28. The molecule has 0 saturated heterocycles. The van der Waals surface area contributed by atoms with Crippen molar-refractivity contribution in [1.29, 1.82) is 0 Å². The van der Waals surface area contributed by atoms with Gasteiger partial charge in [0, 0.05) is 23.7 Å². The van der Waals surface area contributed by atoms with Crippen LogP contribution in [0.25, 0.3) is 0 Å². The molecule has 1 aromatic rings. The first-order valence-corrected chi connectivity index (χ1v) is 5.65. The van der Waals surface area contributed by atoms with E-state index in [9.17, 15) is 13.2 Å². The average Bonchev–Trinajstić information content (AvgIpc) is 2.13. The first-order chi connectivity index (χ1) is 7.77. The molecule has 1 rings (SSSR count). The molecule has 1 atom stereocenters. The smallest absolute Gasteiger partial charge is 0.133 e. The minimum atomic E-state index is -0.895. The predicted molar refractivity (Wildman–Crippen MR) is 62.2 cm³/mol. The van der Waals surface area contributed by atoms with Crippen LogP contribution >= 0.6 is 0 Å². The summed E-state index contributed by atoms with van der Waals surface area (Å²) < 4.78 is 40.2. The summed E-state index contributed by atoms with van der Waals surface area (Å²) in [6.45, 7) is 8.07. The number of hydrogen-bond acceptors (Lipinski definition) is 1. The summed E-state index contributed by atoms with van der Waals surface area (Å²) in [5, 5.41) is 3.04. The van der Waals surface area contributed by atoms with E-state index >= 15 is 0 Å². The maximum atomic E-state index is 13.7. The molecule has 1 nitrogen and oxygen atoms in total. The monoisotopic (exact) mass is 245 g/mol. The predicted octanol–water partition coefficient (Wildman–Crippen LogP) is 3.80. The molecule has 0 aliphatic heterocycles. The van der Waals surface area contributed by atoms with Crippen LogP contribution in [-0.4, -0.2) is 6.54 Å². The topological polar surface area (TPSA) is 12.0 Å². The molecule has 0 aromatic heterocycles. The van der Waals surface area contributed by atoms with Crippen LogP contribution in [0.2, 0.25) is 0 Å². The summed E-state index contributed by atoms with van der Waals surface area (Å²) in [7, 11) is 0. The lowest BCUT2D eigenvalue weighted by atomic mass is 9.82. The largest absolute Gasteiger partial charge is 0.310 e. The highest BCUT2D eigenvalue weighted by molar-refractivity contribution is 5.25. The summed E-state index contributed by atoms with van der Waals surface area (Å²) >= 11 is 0. The van der Waals surface area contributed by atoms with Crippen molar-refractivity contribution in [3.05, 3.63) is 35.1 Å². The van der Waals surface area contributed by atoms with E-state index in [1.54, 1.807) is 0 Å². The minimum absolute atomic E-state index is 0.0965. The standard InChI is InChI=1S/C13H18F3N/c1-5-17-12(13(2,3)4)11-9(15)6-8(14)7-10(11)16/h6-7,12,17H,5H2,1-4H3. The van der Waals surface area contributed by atoms with Crippen molar-refractivity contribution in [2.24, 2.45) is 5.41 Å². The minimum Gasteiger partial charge on any atom is -0.310 e. The van der Waals surface area contributed by atoms with E-state index in [1.807, 2.05) is 27.7 Å². The molecule has 1 N–H and O–H groups in total.